The van der Waals surface area contributed by atoms with Crippen molar-refractivity contribution in [1.29, 1.82) is 0 Å². The van der Waals surface area contributed by atoms with Gasteiger partial charge in [-0.2, -0.15) is 13.2 Å². The number of hydrogen-bond donors (Lipinski definition) is 1. The van der Waals surface area contributed by atoms with Gasteiger partial charge in [-0.05, 0) is 86.8 Å². The number of halogens is 5. The summed E-state index contributed by atoms with van der Waals surface area (Å²) < 4.78 is 63.6. The Morgan fingerprint density at radius 2 is 1.60 bits per heavy atom. The van der Waals surface area contributed by atoms with Crippen LogP contribution in [-0.4, -0.2) is 31.8 Å². The van der Waals surface area contributed by atoms with Crippen LogP contribution in [0.15, 0.2) is 42.5 Å². The Bertz CT molecular complexity index is 940. The molecule has 0 spiro atoms. The first kappa shape index (κ1) is 27.0. The molecule has 0 aliphatic carbocycles. The number of unbranched alkanes of at least 4 members (excludes halogenated alkanes) is 1. The summed E-state index contributed by atoms with van der Waals surface area (Å²) in [6, 6.07) is 11.1. The molecule has 2 aromatic rings. The largest absolute Gasteiger partial charge is 0.416 e. The highest BCUT2D eigenvalue weighted by molar-refractivity contribution is 5.94. The van der Waals surface area contributed by atoms with Crippen molar-refractivity contribution in [2.75, 3.05) is 30.0 Å². The first-order chi connectivity index (χ1) is 16.8. The van der Waals surface area contributed by atoms with Gasteiger partial charge >= 0.3 is 6.18 Å². The van der Waals surface area contributed by atoms with Crippen LogP contribution in [0.4, 0.5) is 33.3 Å². The molecule has 2 aromatic carbocycles. The summed E-state index contributed by atoms with van der Waals surface area (Å²) in [6.07, 6.45) is 0.105. The summed E-state index contributed by atoms with van der Waals surface area (Å²) >= 11 is 0. The van der Waals surface area contributed by atoms with Gasteiger partial charge < -0.3 is 10.2 Å². The van der Waals surface area contributed by atoms with Crippen LogP contribution in [0.3, 0.4) is 0 Å². The number of amides is 1. The SMILES string of the molecule is O=C(CCCC[C@@H](F)CF)Nc1ccc(CCc2ccc(C(F)(F)F)cc2)cc1N1CCCCC1. The molecule has 1 saturated heterocycles. The van der Waals surface area contributed by atoms with Crippen LogP contribution in [0.2, 0.25) is 0 Å². The molecule has 1 N–H and O–H groups in total. The van der Waals surface area contributed by atoms with Crippen molar-refractivity contribution in [2.24, 2.45) is 0 Å². The average molecular weight is 497 g/mol. The lowest BCUT2D eigenvalue weighted by molar-refractivity contribution is -0.137. The molecule has 1 atom stereocenters. The molecular formula is C27H33F5N2O. The third-order valence-corrected chi connectivity index (χ3v) is 6.36. The summed E-state index contributed by atoms with van der Waals surface area (Å²) in [5.41, 5.74) is 2.90. The fourth-order valence-corrected chi connectivity index (χ4v) is 4.33. The molecule has 192 valence electrons. The summed E-state index contributed by atoms with van der Waals surface area (Å²) in [6.45, 7) is 0.801. The van der Waals surface area contributed by atoms with Crippen LogP contribution in [0, 0.1) is 0 Å². The Morgan fingerprint density at radius 1 is 0.943 bits per heavy atom. The summed E-state index contributed by atoms with van der Waals surface area (Å²) in [5.74, 6) is -0.156. The number of benzene rings is 2. The second kappa shape index (κ2) is 12.9. The van der Waals surface area contributed by atoms with E-state index in [0.29, 0.717) is 25.7 Å². The molecule has 3 rings (SSSR count). The molecule has 35 heavy (non-hydrogen) atoms. The number of carbonyl (C=O) groups excluding carboxylic acids is 1. The molecule has 1 aliphatic heterocycles. The molecule has 0 aromatic heterocycles. The molecule has 1 fully saturated rings. The Morgan fingerprint density at radius 3 is 2.26 bits per heavy atom. The molecule has 0 radical (unpaired) electrons. The van der Waals surface area contributed by atoms with Crippen LogP contribution in [-0.2, 0) is 23.8 Å². The van der Waals surface area contributed by atoms with Gasteiger partial charge in [0.05, 0.1) is 16.9 Å². The lowest BCUT2D eigenvalue weighted by atomic mass is 10.0. The minimum absolute atomic E-state index is 0.121. The van der Waals surface area contributed by atoms with Gasteiger partial charge in [-0.1, -0.05) is 18.2 Å². The highest BCUT2D eigenvalue weighted by Crippen LogP contribution is 2.32. The van der Waals surface area contributed by atoms with Gasteiger partial charge in [-0.25, -0.2) is 8.78 Å². The zero-order valence-electron chi connectivity index (χ0n) is 19.8. The molecule has 0 unspecified atom stereocenters. The van der Waals surface area contributed by atoms with E-state index in [1.54, 1.807) is 0 Å². The molecular weight excluding hydrogens is 463 g/mol. The number of aryl methyl sites for hydroxylation is 2. The second-order valence-corrected chi connectivity index (χ2v) is 9.14. The predicted octanol–water partition coefficient (Wildman–Crippen LogP) is 7.29. The van der Waals surface area contributed by atoms with Crippen molar-refractivity contribution in [3.05, 3.63) is 59.2 Å². The van der Waals surface area contributed by atoms with Gasteiger partial charge in [0.25, 0.3) is 0 Å². The monoisotopic (exact) mass is 496 g/mol. The lowest BCUT2D eigenvalue weighted by Gasteiger charge is -2.31. The van der Waals surface area contributed by atoms with Crippen LogP contribution in [0.25, 0.3) is 0 Å². The minimum Gasteiger partial charge on any atom is -0.370 e. The van der Waals surface area contributed by atoms with E-state index in [1.165, 1.54) is 18.6 Å². The Kier molecular flexibility index (Phi) is 9.93. The number of piperidine rings is 1. The van der Waals surface area contributed by atoms with E-state index in [9.17, 15) is 26.7 Å². The fraction of sp³-hybridized carbons (Fsp3) is 0.519. The molecule has 1 amide bonds. The average Bonchev–Trinajstić information content (AvgIpc) is 2.86. The van der Waals surface area contributed by atoms with Gasteiger partial charge in [0.2, 0.25) is 5.91 Å². The highest BCUT2D eigenvalue weighted by Gasteiger charge is 2.29. The predicted molar refractivity (Wildman–Crippen MR) is 129 cm³/mol. The quantitative estimate of drug-likeness (QED) is 0.262. The van der Waals surface area contributed by atoms with Gasteiger partial charge in [0.1, 0.15) is 12.8 Å². The normalized spacial score (nSPS) is 15.2. The summed E-state index contributed by atoms with van der Waals surface area (Å²) in [7, 11) is 0. The van der Waals surface area contributed by atoms with Crippen molar-refractivity contribution in [3.8, 4) is 0 Å². The molecule has 0 saturated carbocycles. The number of alkyl halides is 5. The fourth-order valence-electron chi connectivity index (χ4n) is 4.33. The Hall–Kier alpha value is -2.64. The maximum atomic E-state index is 13.0. The Labute approximate surface area is 203 Å². The first-order valence-corrected chi connectivity index (χ1v) is 12.3. The van der Waals surface area contributed by atoms with Crippen molar-refractivity contribution >= 4 is 17.3 Å². The topological polar surface area (TPSA) is 32.3 Å². The van der Waals surface area contributed by atoms with Gasteiger partial charge in [-0.3, -0.25) is 4.79 Å². The van der Waals surface area contributed by atoms with Crippen LogP contribution in [0.5, 0.6) is 0 Å². The summed E-state index contributed by atoms with van der Waals surface area (Å²) in [5, 5.41) is 2.98. The van der Waals surface area contributed by atoms with Gasteiger partial charge in [0.15, 0.2) is 0 Å². The van der Waals surface area contributed by atoms with Crippen LogP contribution >= 0.6 is 0 Å². The number of hydrogen-bond acceptors (Lipinski definition) is 2. The molecule has 1 heterocycles. The van der Waals surface area contributed by atoms with E-state index in [4.69, 9.17) is 0 Å². The third kappa shape index (κ3) is 8.51. The second-order valence-electron chi connectivity index (χ2n) is 9.14. The van der Waals surface area contributed by atoms with Crippen molar-refractivity contribution in [2.45, 2.75) is 70.1 Å². The van der Waals surface area contributed by atoms with Gasteiger partial charge in [-0.15, -0.1) is 0 Å². The van der Waals surface area contributed by atoms with Crippen molar-refractivity contribution in [1.82, 2.24) is 0 Å². The van der Waals surface area contributed by atoms with E-state index in [2.05, 4.69) is 16.3 Å². The standard InChI is InChI=1S/C27H33F5N2O/c28-19-23(29)6-2-3-7-26(35)33-24-15-12-21(18-25(24)34-16-4-1-5-17-34)9-8-20-10-13-22(14-11-20)27(30,31)32/h10-15,18,23H,1-9,16-17,19H2,(H,33,35)/t23-/m1/s1. The Balaban J connectivity index is 1.64. The number of carbonyl (C=O) groups is 1. The van der Waals surface area contributed by atoms with Crippen molar-refractivity contribution in [3.63, 3.8) is 0 Å². The molecule has 0 bridgehead atoms. The molecule has 1 aliphatic rings. The van der Waals surface area contributed by atoms with E-state index in [0.717, 1.165) is 60.6 Å². The molecule has 8 heteroatoms. The molecule has 3 nitrogen and oxygen atoms in total. The van der Waals surface area contributed by atoms with E-state index in [-0.39, 0.29) is 18.7 Å². The summed E-state index contributed by atoms with van der Waals surface area (Å²) in [4.78, 5) is 14.7. The van der Waals surface area contributed by atoms with Crippen LogP contribution in [0.1, 0.15) is 61.6 Å². The minimum atomic E-state index is -4.34. The smallest absolute Gasteiger partial charge is 0.370 e. The van der Waals surface area contributed by atoms with E-state index >= 15 is 0 Å². The van der Waals surface area contributed by atoms with Crippen LogP contribution < -0.4 is 10.2 Å². The van der Waals surface area contributed by atoms with E-state index in [1.807, 2.05) is 12.1 Å². The number of rotatable bonds is 11. The van der Waals surface area contributed by atoms with E-state index < -0.39 is 24.6 Å². The third-order valence-electron chi connectivity index (χ3n) is 6.36. The number of nitrogens with zero attached hydrogens (tertiary/aromatic N) is 1. The first-order valence-electron chi connectivity index (χ1n) is 12.3. The van der Waals surface area contributed by atoms with Crippen molar-refractivity contribution < 1.29 is 26.7 Å². The lowest BCUT2D eigenvalue weighted by Crippen LogP contribution is -2.30. The van der Waals surface area contributed by atoms with Gasteiger partial charge in [0, 0.05) is 19.5 Å². The zero-order valence-corrected chi connectivity index (χ0v) is 19.8. The highest BCUT2D eigenvalue weighted by atomic mass is 19.4. The maximum absolute atomic E-state index is 13.0. The number of nitrogens with one attached hydrogen (secondary N) is 1. The zero-order chi connectivity index (χ0) is 25.3. The maximum Gasteiger partial charge on any atom is 0.416 e. The number of anilines is 2.